The van der Waals surface area contributed by atoms with Crippen LogP contribution >= 0.6 is 22.9 Å². The summed E-state index contributed by atoms with van der Waals surface area (Å²) >= 11 is 6.98. The topological polar surface area (TPSA) is 17.1 Å². The van der Waals surface area contributed by atoms with E-state index in [0.717, 1.165) is 10.1 Å². The van der Waals surface area contributed by atoms with E-state index in [0.29, 0.717) is 5.56 Å². The number of benzene rings is 1. The van der Waals surface area contributed by atoms with Gasteiger partial charge in [-0.25, -0.2) is 0 Å². The van der Waals surface area contributed by atoms with E-state index in [2.05, 4.69) is 6.07 Å². The molecule has 0 atom stereocenters. The summed E-state index contributed by atoms with van der Waals surface area (Å²) in [7, 11) is 0. The van der Waals surface area contributed by atoms with Crippen molar-refractivity contribution < 1.29 is 4.79 Å². The first-order valence-electron chi connectivity index (χ1n) is 3.86. The number of hydrogen-bond donors (Lipinski definition) is 0. The molecule has 1 heterocycles. The number of aryl methyl sites for hydroxylation is 1. The van der Waals surface area contributed by atoms with Crippen LogP contribution in [0.1, 0.15) is 15.9 Å². The van der Waals surface area contributed by atoms with E-state index in [1.54, 1.807) is 16.7 Å². The summed E-state index contributed by atoms with van der Waals surface area (Å²) in [5.74, 6) is 0. The molecular weight excluding hydrogens is 204 g/mol. The molecule has 0 amide bonds. The minimum Gasteiger partial charge on any atom is -0.276 e. The molecule has 0 aliphatic heterocycles. The van der Waals surface area contributed by atoms with Crippen LogP contribution in [0.3, 0.4) is 0 Å². The number of fused-ring (bicyclic) bond motifs is 1. The Balaban J connectivity index is 2.76. The minimum atomic E-state index is -0.380. The maximum absolute atomic E-state index is 11.0. The van der Waals surface area contributed by atoms with Gasteiger partial charge in [0.25, 0.3) is 5.24 Å². The van der Waals surface area contributed by atoms with Gasteiger partial charge in [-0.3, -0.25) is 4.79 Å². The van der Waals surface area contributed by atoms with Gasteiger partial charge in [-0.15, -0.1) is 11.3 Å². The standard InChI is InChI=1S/C10H7ClOS/c1-6-2-3-7-8(10(11)12)5-13-9(7)4-6/h2-5H,1H3. The second-order valence-electron chi connectivity index (χ2n) is 2.92. The zero-order chi connectivity index (χ0) is 9.42. The Labute approximate surface area is 84.9 Å². The van der Waals surface area contributed by atoms with Crippen LogP contribution < -0.4 is 0 Å². The quantitative estimate of drug-likeness (QED) is 0.658. The van der Waals surface area contributed by atoms with Crippen molar-refractivity contribution in [3.63, 3.8) is 0 Å². The molecule has 0 N–H and O–H groups in total. The maximum atomic E-state index is 11.0. The first-order valence-corrected chi connectivity index (χ1v) is 5.12. The fourth-order valence-electron chi connectivity index (χ4n) is 1.29. The van der Waals surface area contributed by atoms with Gasteiger partial charge in [-0.1, -0.05) is 12.1 Å². The van der Waals surface area contributed by atoms with E-state index in [-0.39, 0.29) is 5.24 Å². The van der Waals surface area contributed by atoms with Crippen LogP contribution in [0.5, 0.6) is 0 Å². The monoisotopic (exact) mass is 210 g/mol. The Morgan fingerprint density at radius 1 is 1.46 bits per heavy atom. The molecular formula is C10H7ClOS. The van der Waals surface area contributed by atoms with Gasteiger partial charge in [0.2, 0.25) is 0 Å². The Kier molecular flexibility index (Phi) is 2.10. The lowest BCUT2D eigenvalue weighted by Gasteiger charge is -1.93. The molecule has 0 radical (unpaired) electrons. The van der Waals surface area contributed by atoms with Crippen molar-refractivity contribution in [2.45, 2.75) is 6.92 Å². The molecule has 2 aromatic rings. The van der Waals surface area contributed by atoms with Gasteiger partial charge in [0.05, 0.1) is 5.56 Å². The molecule has 0 unspecified atom stereocenters. The van der Waals surface area contributed by atoms with Crippen molar-refractivity contribution in [3.05, 3.63) is 34.7 Å². The van der Waals surface area contributed by atoms with Crippen molar-refractivity contribution in [2.75, 3.05) is 0 Å². The minimum absolute atomic E-state index is 0.380. The van der Waals surface area contributed by atoms with E-state index < -0.39 is 0 Å². The molecule has 0 aliphatic rings. The second-order valence-corrected chi connectivity index (χ2v) is 4.18. The van der Waals surface area contributed by atoms with Crippen molar-refractivity contribution >= 4 is 38.3 Å². The lowest BCUT2D eigenvalue weighted by atomic mass is 10.1. The van der Waals surface area contributed by atoms with E-state index in [4.69, 9.17) is 11.6 Å². The normalized spacial score (nSPS) is 10.6. The number of carbonyl (C=O) groups excluding carboxylic acids is 1. The highest BCUT2D eigenvalue weighted by Crippen LogP contribution is 2.27. The molecule has 0 fully saturated rings. The molecule has 0 saturated heterocycles. The number of thiophene rings is 1. The molecule has 1 aromatic heterocycles. The van der Waals surface area contributed by atoms with Crippen molar-refractivity contribution in [1.82, 2.24) is 0 Å². The third kappa shape index (κ3) is 1.47. The van der Waals surface area contributed by atoms with Gasteiger partial charge < -0.3 is 0 Å². The molecule has 2 rings (SSSR count). The molecule has 1 aromatic carbocycles. The van der Waals surface area contributed by atoms with Gasteiger partial charge >= 0.3 is 0 Å². The van der Waals surface area contributed by atoms with Crippen LogP contribution in [-0.2, 0) is 0 Å². The van der Waals surface area contributed by atoms with Gasteiger partial charge in [0, 0.05) is 15.5 Å². The summed E-state index contributed by atoms with van der Waals surface area (Å²) in [6.45, 7) is 2.03. The summed E-state index contributed by atoms with van der Waals surface area (Å²) < 4.78 is 1.11. The predicted octanol–water partition coefficient (Wildman–Crippen LogP) is 3.59. The van der Waals surface area contributed by atoms with Crippen LogP contribution in [0.15, 0.2) is 23.6 Å². The van der Waals surface area contributed by atoms with E-state index in [9.17, 15) is 4.79 Å². The SMILES string of the molecule is Cc1ccc2c(C(=O)Cl)csc2c1. The zero-order valence-electron chi connectivity index (χ0n) is 7.00. The lowest BCUT2D eigenvalue weighted by molar-refractivity contribution is 0.108. The van der Waals surface area contributed by atoms with Crippen LogP contribution in [0.2, 0.25) is 0 Å². The fraction of sp³-hybridized carbons (Fsp3) is 0.100. The Morgan fingerprint density at radius 2 is 2.23 bits per heavy atom. The first kappa shape index (κ1) is 8.73. The average Bonchev–Trinajstić information content (AvgIpc) is 2.46. The van der Waals surface area contributed by atoms with Crippen molar-refractivity contribution in [1.29, 1.82) is 0 Å². The largest absolute Gasteiger partial charge is 0.276 e. The summed E-state index contributed by atoms with van der Waals surface area (Å²) in [5, 5.41) is 2.38. The van der Waals surface area contributed by atoms with Gasteiger partial charge in [0.15, 0.2) is 0 Å². The second kappa shape index (κ2) is 3.13. The number of hydrogen-bond acceptors (Lipinski definition) is 2. The lowest BCUT2D eigenvalue weighted by Crippen LogP contribution is -1.84. The Hall–Kier alpha value is -0.860. The first-order chi connectivity index (χ1) is 6.18. The van der Waals surface area contributed by atoms with Crippen LogP contribution in [0.4, 0.5) is 0 Å². The number of rotatable bonds is 1. The highest BCUT2D eigenvalue weighted by atomic mass is 35.5. The molecule has 0 aliphatic carbocycles. The van der Waals surface area contributed by atoms with Gasteiger partial charge in [0.1, 0.15) is 0 Å². The van der Waals surface area contributed by atoms with E-state index in [1.165, 1.54) is 5.56 Å². The van der Waals surface area contributed by atoms with E-state index >= 15 is 0 Å². The summed E-state index contributed by atoms with van der Waals surface area (Å²) in [6.07, 6.45) is 0. The Bertz CT molecular complexity index is 473. The third-order valence-corrected chi connectivity index (χ3v) is 3.09. The predicted molar refractivity (Wildman–Crippen MR) is 56.7 cm³/mol. The highest BCUT2D eigenvalue weighted by Gasteiger charge is 2.08. The average molecular weight is 211 g/mol. The molecule has 3 heteroatoms. The maximum Gasteiger partial charge on any atom is 0.253 e. The van der Waals surface area contributed by atoms with Crippen LogP contribution in [-0.4, -0.2) is 5.24 Å². The van der Waals surface area contributed by atoms with Gasteiger partial charge in [-0.05, 0) is 30.2 Å². The molecule has 0 spiro atoms. The van der Waals surface area contributed by atoms with E-state index in [1.807, 2.05) is 19.1 Å². The number of carbonyl (C=O) groups is 1. The summed E-state index contributed by atoms with van der Waals surface area (Å²) in [4.78, 5) is 11.0. The van der Waals surface area contributed by atoms with Crippen LogP contribution in [0.25, 0.3) is 10.1 Å². The van der Waals surface area contributed by atoms with Crippen molar-refractivity contribution in [3.8, 4) is 0 Å². The molecule has 0 saturated carbocycles. The fourth-order valence-corrected chi connectivity index (χ4v) is 2.55. The van der Waals surface area contributed by atoms with Crippen molar-refractivity contribution in [2.24, 2.45) is 0 Å². The molecule has 66 valence electrons. The highest BCUT2D eigenvalue weighted by molar-refractivity contribution is 7.17. The summed E-state index contributed by atoms with van der Waals surface area (Å²) in [5.41, 5.74) is 1.81. The molecule has 0 bridgehead atoms. The van der Waals surface area contributed by atoms with Gasteiger partial charge in [-0.2, -0.15) is 0 Å². The molecule has 1 nitrogen and oxygen atoms in total. The smallest absolute Gasteiger partial charge is 0.253 e. The Morgan fingerprint density at radius 3 is 2.92 bits per heavy atom. The zero-order valence-corrected chi connectivity index (χ0v) is 8.58. The number of halogens is 1. The molecule has 13 heavy (non-hydrogen) atoms. The summed E-state index contributed by atoms with van der Waals surface area (Å²) in [6, 6.07) is 5.98. The third-order valence-electron chi connectivity index (χ3n) is 1.94. The van der Waals surface area contributed by atoms with Crippen LogP contribution in [0, 0.1) is 6.92 Å².